The van der Waals surface area contributed by atoms with Crippen molar-refractivity contribution in [3.63, 3.8) is 0 Å². The second-order valence-corrected chi connectivity index (χ2v) is 6.06. The lowest BCUT2D eigenvalue weighted by Crippen LogP contribution is -2.08. The molecule has 0 radical (unpaired) electrons. The second kappa shape index (κ2) is 10.1. The molecule has 12 heteroatoms. The molecule has 7 nitrogen and oxygen atoms in total. The Balaban J connectivity index is 0.00000320. The summed E-state index contributed by atoms with van der Waals surface area (Å²) in [5.41, 5.74) is 2.73. The summed E-state index contributed by atoms with van der Waals surface area (Å²) < 4.78 is 38.6. The van der Waals surface area contributed by atoms with E-state index in [4.69, 9.17) is 11.6 Å². The molecule has 30 heavy (non-hydrogen) atoms. The monoisotopic (exact) mass is 457 g/mol. The number of hydrogen-bond donors (Lipinski definition) is 3. The minimum Gasteiger partial charge on any atom is -0.357 e. The Morgan fingerprint density at radius 3 is 2.37 bits per heavy atom. The predicted octanol–water partition coefficient (Wildman–Crippen LogP) is 5.20. The number of halogens is 5. The van der Waals surface area contributed by atoms with Crippen LogP contribution in [0.25, 0.3) is 0 Å². The Labute approximate surface area is 181 Å². The third kappa shape index (κ3) is 6.19. The van der Waals surface area contributed by atoms with Gasteiger partial charge in [0.25, 0.3) is 0 Å². The third-order valence-corrected chi connectivity index (χ3v) is 3.92. The number of benzene rings is 2. The van der Waals surface area contributed by atoms with Gasteiger partial charge >= 0.3 is 6.18 Å². The van der Waals surface area contributed by atoms with Gasteiger partial charge in [0.1, 0.15) is 0 Å². The van der Waals surface area contributed by atoms with E-state index in [0.717, 1.165) is 12.1 Å². The molecule has 0 aliphatic carbocycles. The van der Waals surface area contributed by atoms with Crippen LogP contribution in [0.2, 0.25) is 5.02 Å². The number of hydrogen-bond acceptors (Lipinski definition) is 7. The highest BCUT2D eigenvalue weighted by molar-refractivity contribution is 6.33. The van der Waals surface area contributed by atoms with Gasteiger partial charge in [0.2, 0.25) is 17.8 Å². The summed E-state index contributed by atoms with van der Waals surface area (Å²) in [6, 6.07) is 11.8. The first-order chi connectivity index (χ1) is 13.8. The largest absolute Gasteiger partial charge is 0.416 e. The summed E-state index contributed by atoms with van der Waals surface area (Å²) in [5, 5.41) is 10.0. The first-order valence-corrected chi connectivity index (χ1v) is 8.64. The van der Waals surface area contributed by atoms with Crippen LogP contribution in [0.5, 0.6) is 0 Å². The Morgan fingerprint density at radius 2 is 1.67 bits per heavy atom. The Bertz CT molecular complexity index is 1030. The molecule has 3 N–H and O–H groups in total. The molecule has 0 aliphatic rings. The van der Waals surface area contributed by atoms with Crippen LogP contribution in [0.1, 0.15) is 11.1 Å². The van der Waals surface area contributed by atoms with E-state index in [2.05, 4.69) is 36.1 Å². The maximum atomic E-state index is 12.9. The minimum atomic E-state index is -4.45. The Morgan fingerprint density at radius 1 is 0.967 bits per heavy atom. The predicted molar refractivity (Wildman–Crippen MR) is 114 cm³/mol. The van der Waals surface area contributed by atoms with E-state index in [9.17, 15) is 13.2 Å². The van der Waals surface area contributed by atoms with Crippen molar-refractivity contribution in [2.24, 2.45) is 5.10 Å². The zero-order valence-corrected chi connectivity index (χ0v) is 17.0. The fourth-order valence-electron chi connectivity index (χ4n) is 2.24. The van der Waals surface area contributed by atoms with Gasteiger partial charge < -0.3 is 10.6 Å². The number of nitrogens with one attached hydrogen (secondary N) is 3. The van der Waals surface area contributed by atoms with E-state index in [1.54, 1.807) is 25.2 Å². The van der Waals surface area contributed by atoms with Crippen LogP contribution in [-0.2, 0) is 6.18 Å². The van der Waals surface area contributed by atoms with Crippen LogP contribution in [-0.4, -0.2) is 28.2 Å². The van der Waals surface area contributed by atoms with Crippen molar-refractivity contribution in [2.75, 3.05) is 23.1 Å². The molecule has 0 saturated heterocycles. The zero-order chi connectivity index (χ0) is 20.9. The van der Waals surface area contributed by atoms with Gasteiger partial charge in [-0.25, -0.2) is 5.43 Å². The van der Waals surface area contributed by atoms with Crippen LogP contribution in [0.3, 0.4) is 0 Å². The molecule has 1 aromatic heterocycles. The normalized spacial score (nSPS) is 11.1. The molecule has 2 aromatic carbocycles. The first-order valence-electron chi connectivity index (χ1n) is 8.27. The molecule has 1 heterocycles. The molecule has 0 fully saturated rings. The van der Waals surface area contributed by atoms with E-state index in [-0.39, 0.29) is 35.9 Å². The molecule has 0 amide bonds. The standard InChI is InChI=1S/C18H15ClF3N7.ClH/c1-23-15-26-16(25-13-7-4-6-12(9-13)18(20,21)22)28-17(27-15)29-24-10-11-5-2-3-8-14(11)19;/h2-10H,1H3,(H3,23,25,26,27,28,29);1H. The molecular weight excluding hydrogens is 442 g/mol. The second-order valence-electron chi connectivity index (χ2n) is 5.65. The maximum absolute atomic E-state index is 12.9. The molecule has 0 saturated carbocycles. The van der Waals surface area contributed by atoms with Crippen LogP contribution in [0.15, 0.2) is 53.6 Å². The van der Waals surface area contributed by atoms with Crippen molar-refractivity contribution in [3.05, 3.63) is 64.7 Å². The summed E-state index contributed by atoms with van der Waals surface area (Å²) in [6.07, 6.45) is -2.96. The van der Waals surface area contributed by atoms with E-state index in [0.29, 0.717) is 10.6 Å². The maximum Gasteiger partial charge on any atom is 0.416 e. The van der Waals surface area contributed by atoms with Crippen LogP contribution in [0.4, 0.5) is 36.7 Å². The number of alkyl halides is 3. The first kappa shape index (κ1) is 23.2. The molecular formula is C18H16Cl2F3N7. The highest BCUT2D eigenvalue weighted by atomic mass is 35.5. The molecule has 0 aliphatic heterocycles. The number of anilines is 4. The highest BCUT2D eigenvalue weighted by Gasteiger charge is 2.30. The smallest absolute Gasteiger partial charge is 0.357 e. The number of rotatable bonds is 6. The molecule has 0 atom stereocenters. The molecule has 3 aromatic rings. The quantitative estimate of drug-likeness (QED) is 0.348. The van der Waals surface area contributed by atoms with Crippen molar-refractivity contribution in [3.8, 4) is 0 Å². The van der Waals surface area contributed by atoms with E-state index < -0.39 is 11.7 Å². The molecule has 158 valence electrons. The van der Waals surface area contributed by atoms with Gasteiger partial charge in [-0.05, 0) is 24.3 Å². The number of aromatic nitrogens is 3. The average molecular weight is 458 g/mol. The minimum absolute atomic E-state index is 0. The average Bonchev–Trinajstić information content (AvgIpc) is 2.69. The van der Waals surface area contributed by atoms with Gasteiger partial charge in [-0.1, -0.05) is 35.9 Å². The molecule has 3 rings (SSSR count). The van der Waals surface area contributed by atoms with Crippen molar-refractivity contribution in [2.45, 2.75) is 6.18 Å². The SMILES string of the molecule is CNc1nc(NN=Cc2ccccc2Cl)nc(Nc2cccc(C(F)(F)F)c2)n1.Cl. The summed E-state index contributed by atoms with van der Waals surface area (Å²) in [5.74, 6) is 0.325. The van der Waals surface area contributed by atoms with Crippen molar-refractivity contribution in [1.29, 1.82) is 0 Å². The van der Waals surface area contributed by atoms with Crippen molar-refractivity contribution in [1.82, 2.24) is 15.0 Å². The lowest BCUT2D eigenvalue weighted by atomic mass is 10.2. The molecule has 0 unspecified atom stereocenters. The van der Waals surface area contributed by atoms with Crippen LogP contribution in [0, 0.1) is 0 Å². The summed E-state index contributed by atoms with van der Waals surface area (Å²) in [4.78, 5) is 12.3. The van der Waals surface area contributed by atoms with E-state index in [1.165, 1.54) is 18.3 Å². The Hall–Kier alpha value is -3.11. The van der Waals surface area contributed by atoms with Gasteiger partial charge in [0.15, 0.2) is 0 Å². The summed E-state index contributed by atoms with van der Waals surface area (Å²) in [7, 11) is 1.60. The van der Waals surface area contributed by atoms with Gasteiger partial charge in [0.05, 0.1) is 11.8 Å². The van der Waals surface area contributed by atoms with Crippen molar-refractivity contribution < 1.29 is 13.2 Å². The van der Waals surface area contributed by atoms with Gasteiger partial charge in [0, 0.05) is 23.3 Å². The molecule has 0 bridgehead atoms. The summed E-state index contributed by atoms with van der Waals surface area (Å²) in [6.45, 7) is 0. The number of nitrogens with zero attached hydrogens (tertiary/aromatic N) is 4. The fourth-order valence-corrected chi connectivity index (χ4v) is 2.42. The van der Waals surface area contributed by atoms with E-state index >= 15 is 0 Å². The molecule has 0 spiro atoms. The Kier molecular flexibility index (Phi) is 7.79. The zero-order valence-electron chi connectivity index (χ0n) is 15.4. The summed E-state index contributed by atoms with van der Waals surface area (Å²) >= 11 is 6.05. The van der Waals surface area contributed by atoms with E-state index in [1.807, 2.05) is 6.07 Å². The van der Waals surface area contributed by atoms with Crippen LogP contribution >= 0.6 is 24.0 Å². The van der Waals surface area contributed by atoms with Gasteiger partial charge in [-0.15, -0.1) is 12.4 Å². The highest BCUT2D eigenvalue weighted by Crippen LogP contribution is 2.31. The van der Waals surface area contributed by atoms with Gasteiger partial charge in [-0.2, -0.15) is 33.2 Å². The van der Waals surface area contributed by atoms with Crippen molar-refractivity contribution >= 4 is 53.8 Å². The number of hydrazone groups is 1. The third-order valence-electron chi connectivity index (χ3n) is 3.58. The van der Waals surface area contributed by atoms with Crippen LogP contribution < -0.4 is 16.1 Å². The fraction of sp³-hybridized carbons (Fsp3) is 0.111. The topological polar surface area (TPSA) is 87.1 Å². The van der Waals surface area contributed by atoms with Gasteiger partial charge in [-0.3, -0.25) is 0 Å². The lowest BCUT2D eigenvalue weighted by molar-refractivity contribution is -0.137. The lowest BCUT2D eigenvalue weighted by Gasteiger charge is -2.11.